The Morgan fingerprint density at radius 2 is 1.90 bits per heavy atom. The monoisotopic (exact) mass is 291 g/mol. The first-order valence-corrected chi connectivity index (χ1v) is 7.24. The third-order valence-corrected chi connectivity index (χ3v) is 3.70. The fourth-order valence-electron chi connectivity index (χ4n) is 2.43. The standard InChI is InChI=1S/C17H19ClFN/c1-3-5-12-6-4-7-13(10-12)17(20-2)14-8-9-15(18)16(19)11-14/h4,6-11,17,20H,3,5H2,1-2H3. The molecule has 0 fully saturated rings. The minimum absolute atomic E-state index is 0.0291. The predicted octanol–water partition coefficient (Wildman–Crippen LogP) is 4.74. The zero-order chi connectivity index (χ0) is 14.5. The summed E-state index contributed by atoms with van der Waals surface area (Å²) in [5, 5.41) is 3.40. The largest absolute Gasteiger partial charge is 0.309 e. The second-order valence-electron chi connectivity index (χ2n) is 4.89. The Labute approximate surface area is 124 Å². The van der Waals surface area contributed by atoms with Crippen LogP contribution in [0.4, 0.5) is 4.39 Å². The van der Waals surface area contributed by atoms with Gasteiger partial charge in [0.25, 0.3) is 0 Å². The molecule has 20 heavy (non-hydrogen) atoms. The predicted molar refractivity (Wildman–Crippen MR) is 82.7 cm³/mol. The Kier molecular flexibility index (Phi) is 5.16. The maximum absolute atomic E-state index is 13.6. The van der Waals surface area contributed by atoms with Crippen LogP contribution in [0.2, 0.25) is 5.02 Å². The molecule has 0 heterocycles. The van der Waals surface area contributed by atoms with Crippen molar-refractivity contribution in [2.24, 2.45) is 0 Å². The van der Waals surface area contributed by atoms with Crippen molar-refractivity contribution in [2.45, 2.75) is 25.8 Å². The lowest BCUT2D eigenvalue weighted by Gasteiger charge is -2.18. The average Bonchev–Trinajstić information content (AvgIpc) is 2.44. The third kappa shape index (κ3) is 3.38. The first-order chi connectivity index (χ1) is 9.65. The molecule has 0 amide bonds. The topological polar surface area (TPSA) is 12.0 Å². The molecule has 1 unspecified atom stereocenters. The minimum atomic E-state index is -0.380. The maximum Gasteiger partial charge on any atom is 0.142 e. The molecule has 3 heteroatoms. The normalized spacial score (nSPS) is 12.4. The maximum atomic E-state index is 13.6. The Hall–Kier alpha value is -1.38. The Bertz CT molecular complexity index is 583. The van der Waals surface area contributed by atoms with Crippen LogP contribution in [-0.2, 0) is 6.42 Å². The molecule has 0 saturated heterocycles. The van der Waals surface area contributed by atoms with Crippen LogP contribution in [-0.4, -0.2) is 7.05 Å². The highest BCUT2D eigenvalue weighted by molar-refractivity contribution is 6.30. The molecule has 1 nitrogen and oxygen atoms in total. The number of hydrogen-bond donors (Lipinski definition) is 1. The smallest absolute Gasteiger partial charge is 0.142 e. The van der Waals surface area contributed by atoms with Gasteiger partial charge >= 0.3 is 0 Å². The molecule has 0 bridgehead atoms. The summed E-state index contributed by atoms with van der Waals surface area (Å²) in [6.07, 6.45) is 2.17. The summed E-state index contributed by atoms with van der Waals surface area (Å²) in [4.78, 5) is 0. The Morgan fingerprint density at radius 1 is 1.15 bits per heavy atom. The van der Waals surface area contributed by atoms with Crippen molar-refractivity contribution in [2.75, 3.05) is 7.05 Å². The summed E-state index contributed by atoms with van der Waals surface area (Å²) in [6, 6.07) is 13.4. The Balaban J connectivity index is 2.36. The van der Waals surface area contributed by atoms with E-state index >= 15 is 0 Å². The second kappa shape index (κ2) is 6.87. The van der Waals surface area contributed by atoms with E-state index in [0.717, 1.165) is 24.0 Å². The summed E-state index contributed by atoms with van der Waals surface area (Å²) in [5.41, 5.74) is 3.32. The van der Waals surface area contributed by atoms with E-state index in [4.69, 9.17) is 11.6 Å². The van der Waals surface area contributed by atoms with Crippen LogP contribution in [0, 0.1) is 5.82 Å². The molecule has 0 aliphatic carbocycles. The van der Waals surface area contributed by atoms with Crippen LogP contribution in [0.25, 0.3) is 0 Å². The van der Waals surface area contributed by atoms with Crippen molar-refractivity contribution in [3.05, 3.63) is 70.0 Å². The lowest BCUT2D eigenvalue weighted by atomic mass is 9.96. The van der Waals surface area contributed by atoms with E-state index in [1.807, 2.05) is 13.1 Å². The van der Waals surface area contributed by atoms with Gasteiger partial charge in [-0.05, 0) is 42.3 Å². The number of hydrogen-bond acceptors (Lipinski definition) is 1. The van der Waals surface area contributed by atoms with Crippen molar-refractivity contribution in [3.63, 3.8) is 0 Å². The van der Waals surface area contributed by atoms with Gasteiger partial charge < -0.3 is 5.32 Å². The lowest BCUT2D eigenvalue weighted by Crippen LogP contribution is -2.18. The van der Waals surface area contributed by atoms with Gasteiger partial charge in [-0.2, -0.15) is 0 Å². The van der Waals surface area contributed by atoms with Gasteiger partial charge in [-0.1, -0.05) is 55.3 Å². The molecule has 0 radical (unpaired) electrons. The molecular weight excluding hydrogens is 273 g/mol. The van der Waals surface area contributed by atoms with Gasteiger partial charge in [0.2, 0.25) is 0 Å². The first kappa shape index (κ1) is 15.0. The van der Waals surface area contributed by atoms with E-state index < -0.39 is 0 Å². The number of rotatable bonds is 5. The van der Waals surface area contributed by atoms with Gasteiger partial charge in [-0.15, -0.1) is 0 Å². The molecule has 2 aromatic rings. The van der Waals surface area contributed by atoms with Crippen LogP contribution in [0.5, 0.6) is 0 Å². The van der Waals surface area contributed by atoms with Crippen molar-refractivity contribution in [1.82, 2.24) is 5.32 Å². The van der Waals surface area contributed by atoms with Gasteiger partial charge in [-0.25, -0.2) is 4.39 Å². The lowest BCUT2D eigenvalue weighted by molar-refractivity contribution is 0.617. The molecule has 0 aliphatic heterocycles. The van der Waals surface area contributed by atoms with E-state index in [0.29, 0.717) is 0 Å². The SMILES string of the molecule is CCCc1cccc(C(NC)c2ccc(Cl)c(F)c2)c1. The minimum Gasteiger partial charge on any atom is -0.309 e. The fraction of sp³-hybridized carbons (Fsp3) is 0.294. The van der Waals surface area contributed by atoms with E-state index in [9.17, 15) is 4.39 Å². The van der Waals surface area contributed by atoms with Crippen molar-refractivity contribution in [3.8, 4) is 0 Å². The average molecular weight is 292 g/mol. The Morgan fingerprint density at radius 3 is 2.55 bits per heavy atom. The third-order valence-electron chi connectivity index (χ3n) is 3.39. The molecule has 0 saturated carbocycles. The highest BCUT2D eigenvalue weighted by Gasteiger charge is 2.14. The van der Waals surface area contributed by atoms with Gasteiger partial charge in [0.1, 0.15) is 5.82 Å². The summed E-state index contributed by atoms with van der Waals surface area (Å²) >= 11 is 5.75. The van der Waals surface area contributed by atoms with E-state index in [-0.39, 0.29) is 16.9 Å². The zero-order valence-corrected chi connectivity index (χ0v) is 12.5. The number of aryl methyl sites for hydroxylation is 1. The fourth-order valence-corrected chi connectivity index (χ4v) is 2.55. The second-order valence-corrected chi connectivity index (χ2v) is 5.30. The van der Waals surface area contributed by atoms with E-state index in [1.165, 1.54) is 11.6 Å². The molecule has 0 spiro atoms. The molecule has 1 atom stereocenters. The van der Waals surface area contributed by atoms with Crippen molar-refractivity contribution >= 4 is 11.6 Å². The quantitative estimate of drug-likeness (QED) is 0.839. The van der Waals surface area contributed by atoms with Gasteiger partial charge in [-0.3, -0.25) is 0 Å². The molecule has 1 N–H and O–H groups in total. The summed E-state index contributed by atoms with van der Waals surface area (Å²) < 4.78 is 13.6. The highest BCUT2D eigenvalue weighted by atomic mass is 35.5. The van der Waals surface area contributed by atoms with Gasteiger partial charge in [0, 0.05) is 0 Å². The van der Waals surface area contributed by atoms with Gasteiger partial charge in [0.15, 0.2) is 0 Å². The first-order valence-electron chi connectivity index (χ1n) is 6.86. The molecule has 0 aliphatic rings. The molecular formula is C17H19ClFN. The van der Waals surface area contributed by atoms with Crippen molar-refractivity contribution in [1.29, 1.82) is 0 Å². The van der Waals surface area contributed by atoms with Crippen LogP contribution < -0.4 is 5.32 Å². The summed E-state index contributed by atoms with van der Waals surface area (Å²) in [7, 11) is 1.88. The van der Waals surface area contributed by atoms with Crippen LogP contribution in [0.15, 0.2) is 42.5 Å². The summed E-state index contributed by atoms with van der Waals surface area (Å²) in [6.45, 7) is 2.16. The molecule has 0 aromatic heterocycles. The molecule has 2 rings (SSSR count). The number of halogens is 2. The van der Waals surface area contributed by atoms with Crippen molar-refractivity contribution < 1.29 is 4.39 Å². The molecule has 106 valence electrons. The highest BCUT2D eigenvalue weighted by Crippen LogP contribution is 2.26. The van der Waals surface area contributed by atoms with E-state index in [1.54, 1.807) is 6.07 Å². The zero-order valence-electron chi connectivity index (χ0n) is 11.8. The van der Waals surface area contributed by atoms with Crippen LogP contribution in [0.3, 0.4) is 0 Å². The van der Waals surface area contributed by atoms with Gasteiger partial charge in [0.05, 0.1) is 11.1 Å². The van der Waals surface area contributed by atoms with Crippen LogP contribution >= 0.6 is 11.6 Å². The van der Waals surface area contributed by atoms with Crippen LogP contribution in [0.1, 0.15) is 36.1 Å². The van der Waals surface area contributed by atoms with E-state index in [2.05, 4.69) is 36.5 Å². The number of nitrogens with one attached hydrogen (secondary N) is 1. The summed E-state index contributed by atoms with van der Waals surface area (Å²) in [5.74, 6) is -0.380. The number of benzene rings is 2. The molecule has 2 aromatic carbocycles.